The highest BCUT2D eigenvalue weighted by Gasteiger charge is 2.43. The summed E-state index contributed by atoms with van der Waals surface area (Å²) in [4.78, 5) is 25.1. The third kappa shape index (κ3) is 3.48. The van der Waals surface area contributed by atoms with Crippen LogP contribution in [0.15, 0.2) is 0 Å². The van der Waals surface area contributed by atoms with Crippen LogP contribution in [0, 0.1) is 11.3 Å². The summed E-state index contributed by atoms with van der Waals surface area (Å²) in [6.07, 6.45) is 6.45. The normalized spacial score (nSPS) is 30.0. The van der Waals surface area contributed by atoms with E-state index in [1.807, 2.05) is 4.90 Å². The molecule has 0 aromatic heterocycles. The Bertz CT molecular complexity index is 355. The van der Waals surface area contributed by atoms with Crippen LogP contribution < -0.4 is 0 Å². The second-order valence-corrected chi connectivity index (χ2v) is 6.34. The van der Waals surface area contributed by atoms with Gasteiger partial charge in [0, 0.05) is 25.9 Å². The topological polar surface area (TPSA) is 46.6 Å². The van der Waals surface area contributed by atoms with E-state index in [0.29, 0.717) is 24.7 Å². The molecule has 1 aliphatic carbocycles. The zero-order valence-corrected chi connectivity index (χ0v) is 12.1. The molecule has 0 aromatic rings. The van der Waals surface area contributed by atoms with Crippen molar-refractivity contribution in [2.75, 3.05) is 20.2 Å². The summed E-state index contributed by atoms with van der Waals surface area (Å²) >= 11 is 0. The van der Waals surface area contributed by atoms with Gasteiger partial charge in [-0.15, -0.1) is 0 Å². The van der Waals surface area contributed by atoms with Gasteiger partial charge in [-0.2, -0.15) is 0 Å². The van der Waals surface area contributed by atoms with Crippen LogP contribution >= 0.6 is 0 Å². The summed E-state index contributed by atoms with van der Waals surface area (Å²) in [6.45, 7) is 4.16. The van der Waals surface area contributed by atoms with Crippen LogP contribution in [0.3, 0.4) is 0 Å². The van der Waals surface area contributed by atoms with E-state index in [-0.39, 0.29) is 11.9 Å². The summed E-state index contributed by atoms with van der Waals surface area (Å²) < 4.78 is 4.58. The molecule has 19 heavy (non-hydrogen) atoms. The second-order valence-electron chi connectivity index (χ2n) is 6.34. The SMILES string of the molecule is COC(=O)CCCC(=O)N1CC[C@@]2(CC[C@@H](C)C2)C1. The maximum absolute atomic E-state index is 12.1. The average Bonchev–Trinajstić information content (AvgIpc) is 2.96. The Labute approximate surface area is 115 Å². The van der Waals surface area contributed by atoms with Crippen LogP contribution in [-0.2, 0) is 14.3 Å². The fraction of sp³-hybridized carbons (Fsp3) is 0.867. The van der Waals surface area contributed by atoms with Crippen molar-refractivity contribution in [1.29, 1.82) is 0 Å². The Balaban J connectivity index is 1.74. The van der Waals surface area contributed by atoms with Crippen LogP contribution in [0.5, 0.6) is 0 Å². The van der Waals surface area contributed by atoms with Gasteiger partial charge in [0.1, 0.15) is 0 Å². The monoisotopic (exact) mass is 267 g/mol. The van der Waals surface area contributed by atoms with Gasteiger partial charge in [-0.1, -0.05) is 13.3 Å². The molecule has 1 heterocycles. The number of methoxy groups -OCH3 is 1. The van der Waals surface area contributed by atoms with Gasteiger partial charge in [-0.3, -0.25) is 9.59 Å². The van der Waals surface area contributed by atoms with E-state index in [1.54, 1.807) is 0 Å². The molecule has 1 saturated heterocycles. The maximum Gasteiger partial charge on any atom is 0.305 e. The summed E-state index contributed by atoms with van der Waals surface area (Å²) in [6, 6.07) is 0. The minimum Gasteiger partial charge on any atom is -0.469 e. The van der Waals surface area contributed by atoms with E-state index >= 15 is 0 Å². The van der Waals surface area contributed by atoms with Gasteiger partial charge in [0.25, 0.3) is 0 Å². The lowest BCUT2D eigenvalue weighted by atomic mass is 9.85. The Hall–Kier alpha value is -1.06. The van der Waals surface area contributed by atoms with E-state index in [2.05, 4.69) is 11.7 Å². The Morgan fingerprint density at radius 2 is 2.11 bits per heavy atom. The molecule has 2 aliphatic rings. The van der Waals surface area contributed by atoms with E-state index in [4.69, 9.17) is 0 Å². The molecular formula is C15H25NO3. The third-order valence-corrected chi connectivity index (χ3v) is 4.74. The van der Waals surface area contributed by atoms with Crippen molar-refractivity contribution in [2.24, 2.45) is 11.3 Å². The molecule has 1 amide bonds. The van der Waals surface area contributed by atoms with E-state index in [0.717, 1.165) is 19.0 Å². The van der Waals surface area contributed by atoms with Crippen molar-refractivity contribution in [3.05, 3.63) is 0 Å². The first-order valence-corrected chi connectivity index (χ1v) is 7.39. The molecule has 0 bridgehead atoms. The standard InChI is InChI=1S/C15H25NO3/c1-12-6-7-15(10-12)8-9-16(11-15)13(17)4-3-5-14(18)19-2/h12H,3-11H2,1-2H3/t12-,15-/m1/s1. The number of amides is 1. The number of esters is 1. The number of hydrogen-bond donors (Lipinski definition) is 0. The number of nitrogens with zero attached hydrogens (tertiary/aromatic N) is 1. The Morgan fingerprint density at radius 3 is 2.74 bits per heavy atom. The maximum atomic E-state index is 12.1. The number of carbonyl (C=O) groups excluding carboxylic acids is 2. The average molecular weight is 267 g/mol. The molecule has 2 rings (SSSR count). The number of rotatable bonds is 4. The quantitative estimate of drug-likeness (QED) is 0.735. The summed E-state index contributed by atoms with van der Waals surface area (Å²) in [7, 11) is 1.38. The lowest BCUT2D eigenvalue weighted by molar-refractivity contribution is -0.140. The van der Waals surface area contributed by atoms with Crippen LogP contribution in [0.4, 0.5) is 0 Å². The van der Waals surface area contributed by atoms with Gasteiger partial charge in [0.2, 0.25) is 5.91 Å². The molecule has 2 atom stereocenters. The van der Waals surface area contributed by atoms with E-state index in [1.165, 1.54) is 32.8 Å². The Morgan fingerprint density at radius 1 is 1.32 bits per heavy atom. The molecule has 108 valence electrons. The minimum absolute atomic E-state index is 0.209. The predicted molar refractivity (Wildman–Crippen MR) is 72.5 cm³/mol. The highest BCUT2D eigenvalue weighted by Crippen LogP contribution is 2.47. The van der Waals surface area contributed by atoms with Crippen molar-refractivity contribution in [3.8, 4) is 0 Å². The molecule has 1 saturated carbocycles. The zero-order chi connectivity index (χ0) is 13.9. The van der Waals surface area contributed by atoms with Gasteiger partial charge >= 0.3 is 5.97 Å². The summed E-state index contributed by atoms with van der Waals surface area (Å²) in [5, 5.41) is 0. The molecule has 1 spiro atoms. The van der Waals surface area contributed by atoms with Gasteiger partial charge < -0.3 is 9.64 Å². The van der Waals surface area contributed by atoms with Gasteiger partial charge in [-0.25, -0.2) is 0 Å². The first-order chi connectivity index (χ1) is 9.04. The first-order valence-electron chi connectivity index (χ1n) is 7.39. The smallest absolute Gasteiger partial charge is 0.305 e. The molecule has 2 fully saturated rings. The van der Waals surface area contributed by atoms with Crippen molar-refractivity contribution < 1.29 is 14.3 Å². The molecule has 0 unspecified atom stereocenters. The molecule has 0 aromatic carbocycles. The van der Waals surface area contributed by atoms with E-state index < -0.39 is 0 Å². The van der Waals surface area contributed by atoms with Crippen molar-refractivity contribution >= 4 is 11.9 Å². The minimum atomic E-state index is -0.227. The first kappa shape index (κ1) is 14.4. The van der Waals surface area contributed by atoms with Crippen molar-refractivity contribution in [1.82, 2.24) is 4.90 Å². The van der Waals surface area contributed by atoms with Gasteiger partial charge in [0.15, 0.2) is 0 Å². The van der Waals surface area contributed by atoms with Gasteiger partial charge in [-0.05, 0) is 37.0 Å². The number of ether oxygens (including phenoxy) is 1. The fourth-order valence-corrected chi connectivity index (χ4v) is 3.66. The largest absolute Gasteiger partial charge is 0.469 e. The second kappa shape index (κ2) is 5.93. The third-order valence-electron chi connectivity index (χ3n) is 4.74. The number of likely N-dealkylation sites (tertiary alicyclic amines) is 1. The van der Waals surface area contributed by atoms with Crippen LogP contribution in [-0.4, -0.2) is 37.0 Å². The van der Waals surface area contributed by atoms with Crippen LogP contribution in [0.25, 0.3) is 0 Å². The summed E-state index contributed by atoms with van der Waals surface area (Å²) in [5.74, 6) is 0.796. The van der Waals surface area contributed by atoms with Crippen LogP contribution in [0.1, 0.15) is 51.9 Å². The lowest BCUT2D eigenvalue weighted by Crippen LogP contribution is -2.31. The van der Waals surface area contributed by atoms with Crippen molar-refractivity contribution in [2.45, 2.75) is 51.9 Å². The van der Waals surface area contributed by atoms with Crippen LogP contribution in [0.2, 0.25) is 0 Å². The summed E-state index contributed by atoms with van der Waals surface area (Å²) in [5.41, 5.74) is 0.414. The molecule has 0 N–H and O–H groups in total. The predicted octanol–water partition coefficient (Wildman–Crippen LogP) is 2.37. The highest BCUT2D eigenvalue weighted by molar-refractivity contribution is 5.77. The zero-order valence-electron chi connectivity index (χ0n) is 12.1. The van der Waals surface area contributed by atoms with Gasteiger partial charge in [0.05, 0.1) is 7.11 Å². The number of carbonyl (C=O) groups is 2. The molecular weight excluding hydrogens is 242 g/mol. The number of hydrogen-bond acceptors (Lipinski definition) is 3. The fourth-order valence-electron chi connectivity index (χ4n) is 3.66. The molecule has 1 aliphatic heterocycles. The van der Waals surface area contributed by atoms with Crippen molar-refractivity contribution in [3.63, 3.8) is 0 Å². The molecule has 4 nitrogen and oxygen atoms in total. The Kier molecular flexibility index (Phi) is 4.48. The molecule has 4 heteroatoms. The highest BCUT2D eigenvalue weighted by atomic mass is 16.5. The van der Waals surface area contributed by atoms with E-state index in [9.17, 15) is 9.59 Å². The molecule has 0 radical (unpaired) electrons. The lowest BCUT2D eigenvalue weighted by Gasteiger charge is -2.24.